The van der Waals surface area contributed by atoms with Gasteiger partial charge in [0, 0.05) is 6.42 Å². The standard InChI is InChI=1S/C12H16O5/c1-8(13)7-10(14)11(12(15)16)17-9-5-3-2-4-6-9/h2-6,8,10-11,13-14H,7H2,1H3,(H,15,16). The first-order valence-electron chi connectivity index (χ1n) is 5.31. The quantitative estimate of drug-likeness (QED) is 0.679. The highest BCUT2D eigenvalue weighted by atomic mass is 16.5. The molecule has 3 unspecified atom stereocenters. The normalized spacial score (nSPS) is 15.9. The van der Waals surface area contributed by atoms with Crippen LogP contribution in [0.4, 0.5) is 0 Å². The van der Waals surface area contributed by atoms with Gasteiger partial charge in [-0.25, -0.2) is 4.79 Å². The lowest BCUT2D eigenvalue weighted by Crippen LogP contribution is -2.40. The van der Waals surface area contributed by atoms with E-state index in [9.17, 15) is 9.90 Å². The topological polar surface area (TPSA) is 87.0 Å². The number of aliphatic hydroxyl groups is 2. The molecule has 0 radical (unpaired) electrons. The Kier molecular flexibility index (Phi) is 4.93. The van der Waals surface area contributed by atoms with Crippen molar-refractivity contribution in [1.29, 1.82) is 0 Å². The summed E-state index contributed by atoms with van der Waals surface area (Å²) in [5.41, 5.74) is 0. The third-order valence-corrected chi connectivity index (χ3v) is 2.18. The van der Waals surface area contributed by atoms with Gasteiger partial charge in [-0.1, -0.05) is 18.2 Å². The molecule has 0 saturated carbocycles. The molecule has 0 bridgehead atoms. The molecule has 17 heavy (non-hydrogen) atoms. The van der Waals surface area contributed by atoms with Crippen molar-refractivity contribution < 1.29 is 24.9 Å². The molecule has 0 saturated heterocycles. The summed E-state index contributed by atoms with van der Waals surface area (Å²) in [6, 6.07) is 8.38. The van der Waals surface area contributed by atoms with Gasteiger partial charge in [0.2, 0.25) is 6.10 Å². The molecule has 1 aromatic rings. The maximum absolute atomic E-state index is 11.0. The van der Waals surface area contributed by atoms with Gasteiger partial charge in [0.05, 0.1) is 6.10 Å². The third kappa shape index (κ3) is 4.42. The summed E-state index contributed by atoms with van der Waals surface area (Å²) < 4.78 is 5.18. The van der Waals surface area contributed by atoms with Crippen LogP contribution in [0.1, 0.15) is 13.3 Å². The molecule has 0 aliphatic rings. The highest BCUT2D eigenvalue weighted by Gasteiger charge is 2.29. The molecule has 0 amide bonds. The van der Waals surface area contributed by atoms with Crippen LogP contribution < -0.4 is 4.74 Å². The van der Waals surface area contributed by atoms with Gasteiger partial charge in [0.1, 0.15) is 11.9 Å². The minimum Gasteiger partial charge on any atom is -0.478 e. The van der Waals surface area contributed by atoms with Gasteiger partial charge in [-0.15, -0.1) is 0 Å². The average Bonchev–Trinajstić information content (AvgIpc) is 2.25. The number of para-hydroxylation sites is 1. The van der Waals surface area contributed by atoms with Crippen molar-refractivity contribution in [3.8, 4) is 5.75 Å². The van der Waals surface area contributed by atoms with Gasteiger partial charge in [0.15, 0.2) is 0 Å². The number of carbonyl (C=O) groups is 1. The zero-order valence-electron chi connectivity index (χ0n) is 9.48. The van der Waals surface area contributed by atoms with Crippen molar-refractivity contribution in [2.45, 2.75) is 31.7 Å². The third-order valence-electron chi connectivity index (χ3n) is 2.18. The minimum absolute atomic E-state index is 0.0518. The summed E-state index contributed by atoms with van der Waals surface area (Å²) in [4.78, 5) is 11.0. The van der Waals surface area contributed by atoms with Gasteiger partial charge in [-0.3, -0.25) is 0 Å². The average molecular weight is 240 g/mol. The number of aliphatic carboxylic acids is 1. The zero-order chi connectivity index (χ0) is 12.8. The fraction of sp³-hybridized carbons (Fsp3) is 0.417. The molecule has 0 spiro atoms. The lowest BCUT2D eigenvalue weighted by molar-refractivity contribution is -0.151. The Morgan fingerprint density at radius 1 is 1.29 bits per heavy atom. The van der Waals surface area contributed by atoms with E-state index < -0.39 is 24.3 Å². The Morgan fingerprint density at radius 3 is 2.35 bits per heavy atom. The summed E-state index contributed by atoms with van der Waals surface area (Å²) in [7, 11) is 0. The first kappa shape index (κ1) is 13.5. The molecule has 0 fully saturated rings. The summed E-state index contributed by atoms with van der Waals surface area (Å²) in [5, 5.41) is 27.7. The highest BCUT2D eigenvalue weighted by molar-refractivity contribution is 5.73. The molecule has 3 atom stereocenters. The fourth-order valence-corrected chi connectivity index (χ4v) is 1.41. The Bertz CT molecular complexity index is 349. The number of hydrogen-bond acceptors (Lipinski definition) is 4. The fourth-order valence-electron chi connectivity index (χ4n) is 1.41. The predicted octanol–water partition coefficient (Wildman–Crippen LogP) is 0.650. The van der Waals surface area contributed by atoms with Gasteiger partial charge < -0.3 is 20.1 Å². The Labute approximate surface area is 99.3 Å². The molecule has 5 nitrogen and oxygen atoms in total. The Balaban J connectivity index is 2.70. The molecule has 94 valence electrons. The highest BCUT2D eigenvalue weighted by Crippen LogP contribution is 2.15. The number of aliphatic hydroxyl groups excluding tert-OH is 2. The van der Waals surface area contributed by atoms with Crippen LogP contribution in [0.3, 0.4) is 0 Å². The van der Waals surface area contributed by atoms with E-state index >= 15 is 0 Å². The molecule has 3 N–H and O–H groups in total. The van der Waals surface area contributed by atoms with Gasteiger partial charge in [-0.05, 0) is 19.1 Å². The van der Waals surface area contributed by atoms with Crippen LogP contribution in [-0.4, -0.2) is 39.6 Å². The number of rotatable bonds is 6. The van der Waals surface area contributed by atoms with Crippen LogP contribution in [0, 0.1) is 0 Å². The van der Waals surface area contributed by atoms with Crippen molar-refractivity contribution in [3.05, 3.63) is 30.3 Å². The summed E-state index contributed by atoms with van der Waals surface area (Å²) >= 11 is 0. The van der Waals surface area contributed by atoms with Crippen molar-refractivity contribution in [1.82, 2.24) is 0 Å². The lowest BCUT2D eigenvalue weighted by Gasteiger charge is -2.21. The van der Waals surface area contributed by atoms with Crippen molar-refractivity contribution >= 4 is 5.97 Å². The summed E-state index contributed by atoms with van der Waals surface area (Å²) in [5.74, 6) is -0.897. The second kappa shape index (κ2) is 6.22. The number of carboxylic acids is 1. The second-order valence-electron chi connectivity index (χ2n) is 3.84. The zero-order valence-corrected chi connectivity index (χ0v) is 9.48. The molecular formula is C12H16O5. The largest absolute Gasteiger partial charge is 0.478 e. The van der Waals surface area contributed by atoms with E-state index in [4.69, 9.17) is 14.9 Å². The van der Waals surface area contributed by atoms with E-state index in [0.717, 1.165) is 0 Å². The number of hydrogen-bond donors (Lipinski definition) is 3. The van der Waals surface area contributed by atoms with E-state index in [1.165, 1.54) is 6.92 Å². The van der Waals surface area contributed by atoms with E-state index in [-0.39, 0.29) is 6.42 Å². The molecule has 1 aromatic carbocycles. The van der Waals surface area contributed by atoms with Crippen molar-refractivity contribution in [2.24, 2.45) is 0 Å². The molecule has 5 heteroatoms. The van der Waals surface area contributed by atoms with Gasteiger partial charge in [0.25, 0.3) is 0 Å². The van der Waals surface area contributed by atoms with Crippen molar-refractivity contribution in [2.75, 3.05) is 0 Å². The molecular weight excluding hydrogens is 224 g/mol. The maximum Gasteiger partial charge on any atom is 0.347 e. The lowest BCUT2D eigenvalue weighted by atomic mass is 10.1. The molecule has 0 aliphatic heterocycles. The second-order valence-corrected chi connectivity index (χ2v) is 3.84. The Hall–Kier alpha value is -1.59. The Morgan fingerprint density at radius 2 is 1.88 bits per heavy atom. The van der Waals surface area contributed by atoms with Crippen LogP contribution >= 0.6 is 0 Å². The van der Waals surface area contributed by atoms with Gasteiger partial charge in [-0.2, -0.15) is 0 Å². The molecule has 0 aliphatic carbocycles. The van der Waals surface area contributed by atoms with E-state index in [0.29, 0.717) is 5.75 Å². The first-order chi connectivity index (χ1) is 8.00. The van der Waals surface area contributed by atoms with E-state index in [1.54, 1.807) is 30.3 Å². The summed E-state index contributed by atoms with van der Waals surface area (Å²) in [6.45, 7) is 1.48. The monoisotopic (exact) mass is 240 g/mol. The number of carboxylic acid groups (broad SMARTS) is 1. The van der Waals surface area contributed by atoms with Crippen LogP contribution in [0.5, 0.6) is 5.75 Å². The maximum atomic E-state index is 11.0. The predicted molar refractivity (Wildman–Crippen MR) is 60.8 cm³/mol. The minimum atomic E-state index is -1.38. The van der Waals surface area contributed by atoms with Crippen LogP contribution in [-0.2, 0) is 4.79 Å². The van der Waals surface area contributed by atoms with Crippen LogP contribution in [0.15, 0.2) is 30.3 Å². The smallest absolute Gasteiger partial charge is 0.347 e. The molecule has 0 heterocycles. The van der Waals surface area contributed by atoms with E-state index in [1.807, 2.05) is 0 Å². The van der Waals surface area contributed by atoms with Crippen molar-refractivity contribution in [3.63, 3.8) is 0 Å². The van der Waals surface area contributed by atoms with Crippen LogP contribution in [0.25, 0.3) is 0 Å². The SMILES string of the molecule is CC(O)CC(O)C(Oc1ccccc1)C(=O)O. The van der Waals surface area contributed by atoms with E-state index in [2.05, 4.69) is 0 Å². The van der Waals surface area contributed by atoms with Gasteiger partial charge >= 0.3 is 5.97 Å². The molecule has 1 rings (SSSR count). The molecule has 0 aromatic heterocycles. The van der Waals surface area contributed by atoms with Crippen LogP contribution in [0.2, 0.25) is 0 Å². The first-order valence-corrected chi connectivity index (χ1v) is 5.31. The summed E-state index contributed by atoms with van der Waals surface area (Å²) in [6.07, 6.45) is -3.48. The number of ether oxygens (including phenoxy) is 1. The number of benzene rings is 1.